The fraction of sp³-hybridized carbons (Fsp3) is 0.182. The molecular weight excluding hydrogens is 338 g/mol. The molecular formula is C22H21N3O2. The van der Waals surface area contributed by atoms with Crippen LogP contribution in [0, 0.1) is 0 Å². The number of aryl methyl sites for hydroxylation is 1. The molecule has 0 saturated heterocycles. The third-order valence-corrected chi connectivity index (χ3v) is 4.53. The van der Waals surface area contributed by atoms with Gasteiger partial charge in [0, 0.05) is 12.8 Å². The number of rotatable bonds is 7. The number of carbonyl (C=O) groups is 1. The summed E-state index contributed by atoms with van der Waals surface area (Å²) in [4.78, 5) is 20.6. The smallest absolute Gasteiger partial charge is 0.221 e. The molecule has 4 aromatic rings. The number of hydrogen-bond acceptors (Lipinski definition) is 3. The van der Waals surface area contributed by atoms with E-state index in [2.05, 4.69) is 27.4 Å². The second-order valence-corrected chi connectivity index (χ2v) is 6.53. The van der Waals surface area contributed by atoms with Crippen molar-refractivity contribution in [1.82, 2.24) is 15.3 Å². The molecule has 27 heavy (non-hydrogen) atoms. The molecule has 0 fully saturated rings. The van der Waals surface area contributed by atoms with Crippen molar-refractivity contribution in [3.63, 3.8) is 0 Å². The second-order valence-electron chi connectivity index (χ2n) is 6.53. The molecule has 0 bridgehead atoms. The van der Waals surface area contributed by atoms with Gasteiger partial charge in [0.05, 0.1) is 23.3 Å². The molecule has 0 spiro atoms. The van der Waals surface area contributed by atoms with Crippen molar-refractivity contribution in [2.45, 2.75) is 25.3 Å². The van der Waals surface area contributed by atoms with Gasteiger partial charge >= 0.3 is 0 Å². The molecule has 5 nitrogen and oxygen atoms in total. The maximum Gasteiger partial charge on any atom is 0.221 e. The minimum absolute atomic E-state index is 0.0206. The Bertz CT molecular complexity index is 973. The van der Waals surface area contributed by atoms with Crippen LogP contribution in [0.15, 0.2) is 77.4 Å². The van der Waals surface area contributed by atoms with Crippen molar-refractivity contribution < 1.29 is 9.21 Å². The zero-order chi connectivity index (χ0) is 18.5. The van der Waals surface area contributed by atoms with E-state index in [1.54, 1.807) is 6.26 Å². The minimum atomic E-state index is -0.219. The largest absolute Gasteiger partial charge is 0.469 e. The van der Waals surface area contributed by atoms with Gasteiger partial charge in [-0.15, -0.1) is 0 Å². The van der Waals surface area contributed by atoms with Crippen molar-refractivity contribution in [1.29, 1.82) is 0 Å². The predicted molar refractivity (Wildman–Crippen MR) is 104 cm³/mol. The van der Waals surface area contributed by atoms with E-state index in [1.165, 1.54) is 0 Å². The summed E-state index contributed by atoms with van der Waals surface area (Å²) in [5, 5.41) is 3.13. The number of hydrogen-bond donors (Lipinski definition) is 2. The fourth-order valence-electron chi connectivity index (χ4n) is 3.16. The molecule has 1 atom stereocenters. The van der Waals surface area contributed by atoms with Gasteiger partial charge in [-0.1, -0.05) is 42.5 Å². The topological polar surface area (TPSA) is 70.9 Å². The lowest BCUT2D eigenvalue weighted by atomic mass is 10.1. The normalized spacial score (nSPS) is 12.1. The Hall–Kier alpha value is -3.34. The molecule has 2 aromatic heterocycles. The van der Waals surface area contributed by atoms with Crippen molar-refractivity contribution >= 4 is 16.9 Å². The molecule has 0 aliphatic heterocycles. The number of amides is 1. The van der Waals surface area contributed by atoms with Crippen LogP contribution in [0.2, 0.25) is 0 Å². The summed E-state index contributed by atoms with van der Waals surface area (Å²) in [6.07, 6.45) is 3.25. The first kappa shape index (κ1) is 17.1. The van der Waals surface area contributed by atoms with Gasteiger partial charge in [-0.25, -0.2) is 4.98 Å². The van der Waals surface area contributed by atoms with Gasteiger partial charge in [-0.2, -0.15) is 0 Å². The van der Waals surface area contributed by atoms with Gasteiger partial charge in [-0.3, -0.25) is 4.79 Å². The van der Waals surface area contributed by atoms with Gasteiger partial charge < -0.3 is 14.7 Å². The highest BCUT2D eigenvalue weighted by Gasteiger charge is 2.19. The minimum Gasteiger partial charge on any atom is -0.469 e. The maximum absolute atomic E-state index is 12.5. The predicted octanol–water partition coefficient (Wildman–Crippen LogP) is 4.19. The summed E-state index contributed by atoms with van der Waals surface area (Å²) in [5.41, 5.74) is 3.01. The lowest BCUT2D eigenvalue weighted by Gasteiger charge is -2.17. The molecule has 2 N–H and O–H groups in total. The van der Waals surface area contributed by atoms with Gasteiger partial charge in [0.25, 0.3) is 0 Å². The standard InChI is InChI=1S/C22H21N3O2/c26-21(13-12-17-9-6-14-27-17)23-20(15-16-7-2-1-3-8-16)22-24-18-10-4-5-11-19(18)25-22/h1-11,14,20H,12-13,15H2,(H,23,26)(H,24,25)/t20-/m1/s1. The quantitative estimate of drug-likeness (QED) is 0.520. The van der Waals surface area contributed by atoms with E-state index in [4.69, 9.17) is 4.42 Å². The first-order chi connectivity index (χ1) is 13.3. The van der Waals surface area contributed by atoms with Gasteiger partial charge in [0.2, 0.25) is 5.91 Å². The highest BCUT2D eigenvalue weighted by atomic mass is 16.3. The molecule has 5 heteroatoms. The molecule has 136 valence electrons. The molecule has 0 aliphatic rings. The van der Waals surface area contributed by atoms with Crippen LogP contribution in [-0.2, 0) is 17.6 Å². The van der Waals surface area contributed by atoms with E-state index < -0.39 is 0 Å². The highest BCUT2D eigenvalue weighted by Crippen LogP contribution is 2.20. The summed E-state index contributed by atoms with van der Waals surface area (Å²) in [6.45, 7) is 0. The summed E-state index contributed by atoms with van der Waals surface area (Å²) in [7, 11) is 0. The number of imidazole rings is 1. The van der Waals surface area contributed by atoms with Crippen molar-refractivity contribution in [2.24, 2.45) is 0 Å². The number of para-hydroxylation sites is 2. The number of nitrogens with one attached hydrogen (secondary N) is 2. The molecule has 2 aromatic carbocycles. The number of nitrogens with zero attached hydrogens (tertiary/aromatic N) is 1. The van der Waals surface area contributed by atoms with Crippen LogP contribution >= 0.6 is 0 Å². The SMILES string of the molecule is O=C(CCc1ccco1)N[C@H](Cc1ccccc1)c1nc2ccccc2[nH]1. The van der Waals surface area contributed by atoms with Crippen LogP contribution in [0.4, 0.5) is 0 Å². The van der Waals surface area contributed by atoms with Crippen LogP contribution in [0.25, 0.3) is 11.0 Å². The average Bonchev–Trinajstić information content (AvgIpc) is 3.36. The Labute approximate surface area is 157 Å². The highest BCUT2D eigenvalue weighted by molar-refractivity contribution is 5.77. The molecule has 0 saturated carbocycles. The first-order valence-corrected chi connectivity index (χ1v) is 9.08. The monoisotopic (exact) mass is 359 g/mol. The van der Waals surface area contributed by atoms with E-state index in [0.717, 1.165) is 28.2 Å². The molecule has 0 radical (unpaired) electrons. The number of carbonyl (C=O) groups excluding carboxylic acids is 1. The van der Waals surface area contributed by atoms with E-state index in [0.29, 0.717) is 19.3 Å². The summed E-state index contributed by atoms with van der Waals surface area (Å²) in [6, 6.07) is 21.5. The summed E-state index contributed by atoms with van der Waals surface area (Å²) >= 11 is 0. The number of benzene rings is 2. The number of furan rings is 1. The van der Waals surface area contributed by atoms with Crippen LogP contribution in [0.5, 0.6) is 0 Å². The van der Waals surface area contributed by atoms with Crippen molar-refractivity contribution in [2.75, 3.05) is 0 Å². The number of fused-ring (bicyclic) bond motifs is 1. The Morgan fingerprint density at radius 2 is 1.85 bits per heavy atom. The van der Waals surface area contributed by atoms with Gasteiger partial charge in [0.1, 0.15) is 11.6 Å². The van der Waals surface area contributed by atoms with Gasteiger partial charge in [0.15, 0.2) is 0 Å². The Kier molecular flexibility index (Phi) is 5.01. The van der Waals surface area contributed by atoms with Crippen molar-refractivity contribution in [3.05, 3.63) is 90.1 Å². The third-order valence-electron chi connectivity index (χ3n) is 4.53. The Morgan fingerprint density at radius 1 is 1.04 bits per heavy atom. The number of H-pyrrole nitrogens is 1. The Morgan fingerprint density at radius 3 is 2.63 bits per heavy atom. The molecule has 2 heterocycles. The molecule has 0 aliphatic carbocycles. The number of aromatic nitrogens is 2. The average molecular weight is 359 g/mol. The van der Waals surface area contributed by atoms with Crippen LogP contribution in [0.1, 0.15) is 29.6 Å². The molecule has 0 unspecified atom stereocenters. The van der Waals surface area contributed by atoms with E-state index in [1.807, 2.05) is 54.6 Å². The Balaban J connectivity index is 1.52. The van der Waals surface area contributed by atoms with Crippen LogP contribution in [0.3, 0.4) is 0 Å². The van der Waals surface area contributed by atoms with E-state index in [9.17, 15) is 4.79 Å². The lowest BCUT2D eigenvalue weighted by Crippen LogP contribution is -2.30. The molecule has 4 rings (SSSR count). The fourth-order valence-corrected chi connectivity index (χ4v) is 3.16. The zero-order valence-electron chi connectivity index (χ0n) is 14.9. The van der Waals surface area contributed by atoms with E-state index in [-0.39, 0.29) is 11.9 Å². The van der Waals surface area contributed by atoms with Crippen LogP contribution < -0.4 is 5.32 Å². The molecule has 1 amide bonds. The summed E-state index contributed by atoms with van der Waals surface area (Å²) in [5.74, 6) is 1.56. The van der Waals surface area contributed by atoms with Crippen molar-refractivity contribution in [3.8, 4) is 0 Å². The van der Waals surface area contributed by atoms with Gasteiger partial charge in [-0.05, 0) is 36.2 Å². The maximum atomic E-state index is 12.5. The first-order valence-electron chi connectivity index (χ1n) is 9.08. The van der Waals surface area contributed by atoms with E-state index >= 15 is 0 Å². The third kappa shape index (κ3) is 4.26. The zero-order valence-corrected chi connectivity index (χ0v) is 14.9. The summed E-state index contributed by atoms with van der Waals surface area (Å²) < 4.78 is 5.31. The number of aromatic amines is 1. The second kappa shape index (κ2) is 7.91. The lowest BCUT2D eigenvalue weighted by molar-refractivity contribution is -0.121. The van der Waals surface area contributed by atoms with Crippen LogP contribution in [-0.4, -0.2) is 15.9 Å².